The number of unbranched alkanes of at least 4 members (excludes halogenated alkanes) is 2. The van der Waals surface area contributed by atoms with E-state index in [9.17, 15) is 9.59 Å². The smallest absolute Gasteiger partial charge is 0.178 e. The summed E-state index contributed by atoms with van der Waals surface area (Å²) in [6.07, 6.45) is 16.4. The number of hydrogen-bond donors (Lipinski definition) is 0. The van der Waals surface area contributed by atoms with Gasteiger partial charge in [-0.3, -0.25) is 9.59 Å². The Morgan fingerprint density at radius 1 is 1.27 bits per heavy atom. The van der Waals surface area contributed by atoms with E-state index in [-0.39, 0.29) is 17.0 Å². The molecular formula is C28H38O2. The van der Waals surface area contributed by atoms with Gasteiger partial charge in [0.25, 0.3) is 0 Å². The SMILES string of the molecule is CC#C[C@]1(C(C)=O)CC[C@H]2[C@@H]3CCC4=CC(=O)C=C[C@@H]4[C@H]3[C@@H](CCCCC)C[C@@]21C. The van der Waals surface area contributed by atoms with Crippen molar-refractivity contribution in [3.63, 3.8) is 0 Å². The molecule has 0 aromatic heterocycles. The number of ketones is 2. The van der Waals surface area contributed by atoms with Crippen molar-refractivity contribution in [2.75, 3.05) is 0 Å². The fourth-order valence-corrected chi connectivity index (χ4v) is 8.19. The highest BCUT2D eigenvalue weighted by atomic mass is 16.1. The van der Waals surface area contributed by atoms with Crippen molar-refractivity contribution in [2.45, 2.75) is 85.5 Å². The lowest BCUT2D eigenvalue weighted by Crippen LogP contribution is -2.54. The molecule has 162 valence electrons. The molecule has 0 amide bonds. The maximum absolute atomic E-state index is 13.0. The van der Waals surface area contributed by atoms with Crippen LogP contribution in [-0.4, -0.2) is 11.6 Å². The van der Waals surface area contributed by atoms with Gasteiger partial charge in [0.1, 0.15) is 5.78 Å². The van der Waals surface area contributed by atoms with Gasteiger partial charge in [-0.15, -0.1) is 5.92 Å². The Hall–Kier alpha value is -1.62. The summed E-state index contributed by atoms with van der Waals surface area (Å²) in [5.74, 6) is 9.97. The minimum atomic E-state index is -0.463. The highest BCUT2D eigenvalue weighted by Gasteiger charge is 2.65. The predicted molar refractivity (Wildman–Crippen MR) is 122 cm³/mol. The van der Waals surface area contributed by atoms with Crippen LogP contribution in [0.3, 0.4) is 0 Å². The Morgan fingerprint density at radius 3 is 2.77 bits per heavy atom. The molecule has 0 aromatic rings. The maximum atomic E-state index is 13.0. The molecule has 0 spiro atoms. The zero-order chi connectivity index (χ0) is 21.5. The molecule has 4 rings (SSSR count). The van der Waals surface area contributed by atoms with E-state index in [0.29, 0.717) is 29.6 Å². The lowest BCUT2D eigenvalue weighted by Gasteiger charge is -2.58. The number of rotatable bonds is 5. The lowest BCUT2D eigenvalue weighted by atomic mass is 9.45. The van der Waals surface area contributed by atoms with E-state index >= 15 is 0 Å². The summed E-state index contributed by atoms with van der Waals surface area (Å²) in [6.45, 7) is 8.36. The second-order valence-corrected chi connectivity index (χ2v) is 10.6. The minimum Gasteiger partial charge on any atom is -0.298 e. The quantitative estimate of drug-likeness (QED) is 0.396. The van der Waals surface area contributed by atoms with Crippen LogP contribution < -0.4 is 0 Å². The Balaban J connectivity index is 1.74. The van der Waals surface area contributed by atoms with Gasteiger partial charge in [0.05, 0.1) is 5.41 Å². The summed E-state index contributed by atoms with van der Waals surface area (Å²) in [4.78, 5) is 25.1. The molecular weight excluding hydrogens is 368 g/mol. The maximum Gasteiger partial charge on any atom is 0.178 e. The summed E-state index contributed by atoms with van der Waals surface area (Å²) >= 11 is 0. The van der Waals surface area contributed by atoms with Crippen LogP contribution in [0.2, 0.25) is 0 Å². The fraction of sp³-hybridized carbons (Fsp3) is 0.714. The van der Waals surface area contributed by atoms with Crippen LogP contribution in [0, 0.1) is 52.3 Å². The highest BCUT2D eigenvalue weighted by Crippen LogP contribution is 2.69. The molecule has 0 aromatic carbocycles. The standard InChI is InChI=1S/C28H38O2/c1-5-7-8-9-21-18-27(4)25(14-16-28(27,15-6-2)19(3)29)24-12-10-20-17-22(30)11-13-23(20)26(21)24/h11,13,17,21,23-26H,5,7-10,12,14,16,18H2,1-4H3/t21-,23-,24-,25-,26+,27-,28+/m0/s1. The van der Waals surface area contributed by atoms with Gasteiger partial charge >= 0.3 is 0 Å². The second kappa shape index (κ2) is 8.14. The molecule has 30 heavy (non-hydrogen) atoms. The van der Waals surface area contributed by atoms with Crippen LogP contribution in [0.1, 0.15) is 85.5 Å². The molecule has 0 radical (unpaired) electrons. The fourth-order valence-electron chi connectivity index (χ4n) is 8.19. The molecule has 0 heterocycles. The Kier molecular flexibility index (Phi) is 5.86. The van der Waals surface area contributed by atoms with Crippen molar-refractivity contribution >= 4 is 11.6 Å². The van der Waals surface area contributed by atoms with Gasteiger partial charge in [-0.25, -0.2) is 0 Å². The monoisotopic (exact) mass is 406 g/mol. The molecule has 3 fully saturated rings. The zero-order valence-corrected chi connectivity index (χ0v) is 19.3. The van der Waals surface area contributed by atoms with E-state index in [1.54, 1.807) is 6.92 Å². The van der Waals surface area contributed by atoms with Crippen LogP contribution in [0.25, 0.3) is 0 Å². The molecule has 4 aliphatic carbocycles. The Labute approximate surface area is 183 Å². The van der Waals surface area contributed by atoms with E-state index in [1.165, 1.54) is 37.7 Å². The van der Waals surface area contributed by atoms with E-state index in [4.69, 9.17) is 0 Å². The van der Waals surface area contributed by atoms with Crippen molar-refractivity contribution in [2.24, 2.45) is 40.4 Å². The number of Topliss-reactive ketones (excluding diaryl/α,β-unsaturated/α-hetero) is 1. The summed E-state index contributed by atoms with van der Waals surface area (Å²) in [5.41, 5.74) is 0.890. The molecule has 2 heteroatoms. The van der Waals surface area contributed by atoms with Crippen LogP contribution in [0.5, 0.6) is 0 Å². The van der Waals surface area contributed by atoms with Crippen molar-refractivity contribution in [3.05, 3.63) is 23.8 Å². The molecule has 0 bridgehead atoms. The van der Waals surface area contributed by atoms with Crippen LogP contribution in [-0.2, 0) is 9.59 Å². The minimum absolute atomic E-state index is 0.0185. The average molecular weight is 407 g/mol. The molecule has 0 saturated heterocycles. The predicted octanol–water partition coefficient (Wildman–Crippen LogP) is 6.31. The van der Waals surface area contributed by atoms with E-state index < -0.39 is 5.41 Å². The van der Waals surface area contributed by atoms with Gasteiger partial charge in [-0.1, -0.05) is 57.1 Å². The molecule has 0 unspecified atom stereocenters. The molecule has 0 aliphatic heterocycles. The summed E-state index contributed by atoms with van der Waals surface area (Å²) in [6, 6.07) is 0. The Bertz CT molecular complexity index is 836. The largest absolute Gasteiger partial charge is 0.298 e. The lowest BCUT2D eigenvalue weighted by molar-refractivity contribution is -0.136. The molecule has 0 N–H and O–H groups in total. The molecule has 3 saturated carbocycles. The van der Waals surface area contributed by atoms with Gasteiger partial charge in [-0.2, -0.15) is 0 Å². The van der Waals surface area contributed by atoms with Crippen molar-refractivity contribution < 1.29 is 9.59 Å². The van der Waals surface area contributed by atoms with Crippen molar-refractivity contribution in [1.82, 2.24) is 0 Å². The number of allylic oxidation sites excluding steroid dienone is 4. The van der Waals surface area contributed by atoms with Gasteiger partial charge in [-0.05, 0) is 87.2 Å². The van der Waals surface area contributed by atoms with Crippen LogP contribution in [0.4, 0.5) is 0 Å². The first-order valence-corrected chi connectivity index (χ1v) is 12.3. The number of carbonyl (C=O) groups excluding carboxylic acids is 2. The number of carbonyl (C=O) groups is 2. The van der Waals surface area contributed by atoms with Crippen molar-refractivity contribution in [1.29, 1.82) is 0 Å². The van der Waals surface area contributed by atoms with Gasteiger partial charge in [0.15, 0.2) is 5.78 Å². The first-order chi connectivity index (χ1) is 14.4. The number of hydrogen-bond acceptors (Lipinski definition) is 2. The number of fused-ring (bicyclic) bond motifs is 5. The van der Waals surface area contributed by atoms with Crippen LogP contribution in [0.15, 0.2) is 23.8 Å². The zero-order valence-electron chi connectivity index (χ0n) is 19.3. The first-order valence-electron chi connectivity index (χ1n) is 12.3. The highest BCUT2D eigenvalue weighted by molar-refractivity contribution is 6.00. The summed E-state index contributed by atoms with van der Waals surface area (Å²) in [5, 5.41) is 0. The third-order valence-electron chi connectivity index (χ3n) is 9.39. The van der Waals surface area contributed by atoms with E-state index in [0.717, 1.165) is 25.7 Å². The normalized spacial score (nSPS) is 41.8. The third-order valence-corrected chi connectivity index (χ3v) is 9.39. The molecule has 7 atom stereocenters. The van der Waals surface area contributed by atoms with Gasteiger partial charge in [0, 0.05) is 5.92 Å². The van der Waals surface area contributed by atoms with E-state index in [1.807, 2.05) is 19.1 Å². The summed E-state index contributed by atoms with van der Waals surface area (Å²) < 4.78 is 0. The van der Waals surface area contributed by atoms with Gasteiger partial charge in [0.2, 0.25) is 0 Å². The Morgan fingerprint density at radius 2 is 2.07 bits per heavy atom. The first kappa shape index (κ1) is 21.6. The molecule has 4 aliphatic rings. The second-order valence-electron chi connectivity index (χ2n) is 10.6. The van der Waals surface area contributed by atoms with E-state index in [2.05, 4.69) is 31.8 Å². The van der Waals surface area contributed by atoms with Crippen LogP contribution >= 0.6 is 0 Å². The van der Waals surface area contributed by atoms with Gasteiger partial charge < -0.3 is 0 Å². The summed E-state index contributed by atoms with van der Waals surface area (Å²) in [7, 11) is 0. The topological polar surface area (TPSA) is 34.1 Å². The average Bonchev–Trinajstić information content (AvgIpc) is 3.01. The molecule has 2 nitrogen and oxygen atoms in total. The third kappa shape index (κ3) is 3.16. The van der Waals surface area contributed by atoms with Crippen molar-refractivity contribution in [3.8, 4) is 11.8 Å².